The summed E-state index contributed by atoms with van der Waals surface area (Å²) in [6, 6.07) is 63.2. The summed E-state index contributed by atoms with van der Waals surface area (Å²) in [6.45, 7) is 15.6. The number of hydrogen-bond donors (Lipinski definition) is 0. The maximum absolute atomic E-state index is 6.95. The van der Waals surface area contributed by atoms with Gasteiger partial charge in [0.2, 0.25) is 0 Å². The molecule has 0 saturated heterocycles. The van der Waals surface area contributed by atoms with Gasteiger partial charge in [-0.1, -0.05) is 137 Å². The number of pyridine rings is 1. The molecular formula is C56H46N5OPt-3. The van der Waals surface area contributed by atoms with Crippen molar-refractivity contribution >= 4 is 66.4 Å². The minimum absolute atomic E-state index is 0. The number of anilines is 4. The molecule has 0 atom stereocenters. The van der Waals surface area contributed by atoms with E-state index in [1.807, 2.05) is 12.3 Å². The van der Waals surface area contributed by atoms with Crippen LogP contribution in [0.15, 0.2) is 164 Å². The molecule has 7 aromatic carbocycles. The van der Waals surface area contributed by atoms with Crippen molar-refractivity contribution in [1.82, 2.24) is 14.1 Å². The Morgan fingerprint density at radius 3 is 1.75 bits per heavy atom. The number of ether oxygens (including phenoxy) is 1. The number of nitrogens with zero attached hydrogens (tertiary/aromatic N) is 5. The molecule has 0 N–H and O–H groups in total. The van der Waals surface area contributed by atoms with Gasteiger partial charge in [-0.3, -0.25) is 0 Å². The maximum atomic E-state index is 6.95. The Morgan fingerprint density at radius 2 is 1.08 bits per heavy atom. The summed E-state index contributed by atoms with van der Waals surface area (Å²) >= 11 is 0. The van der Waals surface area contributed by atoms with Gasteiger partial charge in [-0.05, 0) is 81.9 Å². The van der Waals surface area contributed by atoms with Crippen LogP contribution < -0.4 is 14.5 Å². The van der Waals surface area contributed by atoms with E-state index in [9.17, 15) is 0 Å². The molecule has 0 aliphatic carbocycles. The molecule has 0 unspecified atom stereocenters. The molecule has 63 heavy (non-hydrogen) atoms. The van der Waals surface area contributed by atoms with Gasteiger partial charge in [0.15, 0.2) is 0 Å². The Balaban J connectivity index is 0.00000471. The average molecular weight is 1000 g/mol. The van der Waals surface area contributed by atoms with E-state index in [0.29, 0.717) is 11.5 Å². The molecule has 0 spiro atoms. The van der Waals surface area contributed by atoms with Crippen LogP contribution in [0.25, 0.3) is 55.1 Å². The molecule has 7 heteroatoms. The quantitative estimate of drug-likeness (QED) is 0.156. The SMILES string of the molecule is CC(C)(C)c1cccc(N2[CH-]N(c3[c-]c(Oc4[c-]c5c(cc4)c4ccccc4n5-c4cc(C(C)(C)C)ccn4)cc(-n4c5ccccc5c5ccccc54)c3)c3ccccc32)c1.[Pt]. The summed E-state index contributed by atoms with van der Waals surface area (Å²) < 4.78 is 11.5. The van der Waals surface area contributed by atoms with Crippen molar-refractivity contribution in [3.8, 4) is 23.0 Å². The Labute approximate surface area is 383 Å². The molecule has 6 nitrogen and oxygen atoms in total. The summed E-state index contributed by atoms with van der Waals surface area (Å²) in [4.78, 5) is 9.40. The first-order valence-electron chi connectivity index (χ1n) is 21.3. The van der Waals surface area contributed by atoms with E-state index in [4.69, 9.17) is 9.72 Å². The minimum atomic E-state index is -0.0376. The van der Waals surface area contributed by atoms with E-state index in [-0.39, 0.29) is 31.9 Å². The van der Waals surface area contributed by atoms with Crippen LogP contribution in [0.3, 0.4) is 0 Å². The van der Waals surface area contributed by atoms with Crippen molar-refractivity contribution in [1.29, 1.82) is 0 Å². The molecule has 1 aliphatic heterocycles. The van der Waals surface area contributed by atoms with Crippen LogP contribution in [0, 0.1) is 18.8 Å². The summed E-state index contributed by atoms with van der Waals surface area (Å²) in [6.07, 6.45) is 1.91. The fourth-order valence-electron chi connectivity index (χ4n) is 8.96. The van der Waals surface area contributed by atoms with Gasteiger partial charge in [0.25, 0.3) is 0 Å². The first-order chi connectivity index (χ1) is 30.0. The summed E-state index contributed by atoms with van der Waals surface area (Å²) in [5, 5.41) is 4.60. The van der Waals surface area contributed by atoms with E-state index >= 15 is 0 Å². The molecule has 0 amide bonds. The maximum Gasteiger partial charge on any atom is 0.135 e. The zero-order valence-electron chi connectivity index (χ0n) is 36.1. The van der Waals surface area contributed by atoms with Crippen LogP contribution in [0.1, 0.15) is 52.7 Å². The summed E-state index contributed by atoms with van der Waals surface area (Å²) in [7, 11) is 0. The predicted molar refractivity (Wildman–Crippen MR) is 256 cm³/mol. The fraction of sp³-hybridized carbons (Fsp3) is 0.143. The van der Waals surface area contributed by atoms with Gasteiger partial charge in [-0.2, -0.15) is 6.07 Å². The second-order valence-corrected chi connectivity index (χ2v) is 18.3. The number of benzene rings is 7. The molecule has 314 valence electrons. The van der Waals surface area contributed by atoms with Crippen molar-refractivity contribution in [2.24, 2.45) is 0 Å². The molecule has 1 aliphatic rings. The molecule has 0 bridgehead atoms. The largest absolute Gasteiger partial charge is 0.509 e. The number of rotatable bonds is 6. The first kappa shape index (κ1) is 40.5. The van der Waals surface area contributed by atoms with Crippen molar-refractivity contribution in [3.05, 3.63) is 194 Å². The number of aromatic nitrogens is 3. The monoisotopic (exact) mass is 999 g/mol. The van der Waals surface area contributed by atoms with Gasteiger partial charge < -0.3 is 23.7 Å². The fourth-order valence-corrected chi connectivity index (χ4v) is 8.96. The molecule has 0 radical (unpaired) electrons. The van der Waals surface area contributed by atoms with Crippen molar-refractivity contribution in [2.75, 3.05) is 9.80 Å². The smallest absolute Gasteiger partial charge is 0.135 e. The summed E-state index contributed by atoms with van der Waals surface area (Å²) in [5.41, 5.74) is 11.7. The van der Waals surface area contributed by atoms with Crippen LogP contribution in [-0.2, 0) is 31.9 Å². The number of para-hydroxylation sites is 5. The normalized spacial score (nSPS) is 13.0. The standard InChI is InChI=1S/C56H46N5O.Pt/c1-55(2,3)37-16-15-17-39(30-37)58-36-59(52-25-14-13-24-51(52)58)40-32-41(60-48-21-10-7-18-44(48)45-19-8-11-22-49(45)60)34-43(33-40)62-42-26-27-47-46-20-9-12-23-50(46)61(53(47)35-42)54-31-38(28-29-57-54)56(4,5)6;/h7-32,34,36H,1-6H3;/q-3;. The van der Waals surface area contributed by atoms with Crippen molar-refractivity contribution in [3.63, 3.8) is 0 Å². The Hall–Kier alpha value is -6.62. The zero-order chi connectivity index (χ0) is 42.3. The third-order valence-corrected chi connectivity index (χ3v) is 12.2. The Bertz CT molecular complexity index is 3310. The molecule has 0 fully saturated rings. The van der Waals surface area contributed by atoms with Crippen molar-refractivity contribution < 1.29 is 25.8 Å². The number of hydrogen-bond acceptors (Lipinski definition) is 4. The third kappa shape index (κ3) is 6.98. The van der Waals surface area contributed by atoms with Gasteiger partial charge >= 0.3 is 0 Å². The average Bonchev–Trinajstić information content (AvgIpc) is 3.94. The van der Waals surface area contributed by atoms with Gasteiger partial charge in [-0.15, -0.1) is 42.4 Å². The topological polar surface area (TPSA) is 38.5 Å². The Morgan fingerprint density at radius 1 is 0.492 bits per heavy atom. The second-order valence-electron chi connectivity index (χ2n) is 18.3. The van der Waals surface area contributed by atoms with Crippen LogP contribution in [0.4, 0.5) is 22.7 Å². The molecule has 11 rings (SSSR count). The van der Waals surface area contributed by atoms with E-state index < -0.39 is 0 Å². The number of fused-ring (bicyclic) bond motifs is 7. The Kier molecular flexibility index (Phi) is 9.84. The van der Waals surface area contributed by atoms with Crippen LogP contribution in [-0.4, -0.2) is 14.1 Å². The van der Waals surface area contributed by atoms with E-state index in [1.165, 1.54) is 21.9 Å². The van der Waals surface area contributed by atoms with Gasteiger partial charge in [0.05, 0.1) is 11.0 Å². The van der Waals surface area contributed by atoms with Gasteiger partial charge in [-0.25, -0.2) is 4.98 Å². The molecular weight excluding hydrogens is 954 g/mol. The molecule has 4 heterocycles. The van der Waals surface area contributed by atoms with Gasteiger partial charge in [0, 0.05) is 72.1 Å². The second kappa shape index (κ2) is 15.3. The van der Waals surface area contributed by atoms with E-state index in [0.717, 1.165) is 67.1 Å². The van der Waals surface area contributed by atoms with E-state index in [2.05, 4.69) is 231 Å². The van der Waals surface area contributed by atoms with Crippen LogP contribution in [0.2, 0.25) is 0 Å². The first-order valence-corrected chi connectivity index (χ1v) is 21.3. The van der Waals surface area contributed by atoms with Crippen molar-refractivity contribution in [2.45, 2.75) is 52.4 Å². The molecule has 0 saturated carbocycles. The van der Waals surface area contributed by atoms with Crippen LogP contribution in [0.5, 0.6) is 11.5 Å². The van der Waals surface area contributed by atoms with Gasteiger partial charge in [0.1, 0.15) is 5.82 Å². The van der Waals surface area contributed by atoms with E-state index in [1.54, 1.807) is 0 Å². The minimum Gasteiger partial charge on any atom is -0.509 e. The zero-order valence-corrected chi connectivity index (χ0v) is 38.4. The predicted octanol–water partition coefficient (Wildman–Crippen LogP) is 14.7. The third-order valence-electron chi connectivity index (χ3n) is 12.2. The molecule has 10 aromatic rings. The summed E-state index contributed by atoms with van der Waals surface area (Å²) in [5.74, 6) is 2.01. The molecule has 3 aromatic heterocycles. The van der Waals surface area contributed by atoms with Crippen LogP contribution >= 0.6 is 0 Å².